The minimum Gasteiger partial charge on any atom is -0.356 e. The van der Waals surface area contributed by atoms with Gasteiger partial charge in [-0.3, -0.25) is 4.79 Å². The molecule has 0 aromatic rings. The highest BCUT2D eigenvalue weighted by Crippen LogP contribution is 2.22. The highest BCUT2D eigenvalue weighted by Gasteiger charge is 2.16. The Bertz CT molecular complexity index is 263. The molecule has 1 amide bonds. The van der Waals surface area contributed by atoms with E-state index in [1.165, 1.54) is 12.8 Å². The highest BCUT2D eigenvalue weighted by atomic mass is 16.1. The van der Waals surface area contributed by atoms with Gasteiger partial charge in [-0.25, -0.2) is 0 Å². The van der Waals surface area contributed by atoms with Gasteiger partial charge in [-0.1, -0.05) is 54.9 Å². The minimum atomic E-state index is 0.230. The van der Waals surface area contributed by atoms with Crippen molar-refractivity contribution in [2.75, 3.05) is 6.54 Å². The molecule has 0 saturated carbocycles. The zero-order valence-electron chi connectivity index (χ0n) is 14.9. The summed E-state index contributed by atoms with van der Waals surface area (Å²) in [6.45, 7) is 16.6. The number of hydrogen-bond donors (Lipinski definition) is 1. The van der Waals surface area contributed by atoms with Crippen LogP contribution in [-0.2, 0) is 4.79 Å². The van der Waals surface area contributed by atoms with E-state index < -0.39 is 0 Å². The molecule has 0 aliphatic heterocycles. The summed E-state index contributed by atoms with van der Waals surface area (Å²) in [7, 11) is 0. The van der Waals surface area contributed by atoms with Crippen molar-refractivity contribution in [1.29, 1.82) is 0 Å². The molecule has 0 bridgehead atoms. The topological polar surface area (TPSA) is 29.1 Å². The fourth-order valence-corrected chi connectivity index (χ4v) is 2.47. The summed E-state index contributed by atoms with van der Waals surface area (Å²) in [6, 6.07) is 0. The van der Waals surface area contributed by atoms with Gasteiger partial charge in [0.2, 0.25) is 5.91 Å². The lowest BCUT2D eigenvalue weighted by Crippen LogP contribution is -2.32. The van der Waals surface area contributed by atoms with Gasteiger partial charge in [0, 0.05) is 13.0 Å². The number of carbonyl (C=O) groups excluding carboxylic acids is 1. The first kappa shape index (κ1) is 19.5. The molecule has 2 heteroatoms. The lowest BCUT2D eigenvalue weighted by molar-refractivity contribution is -0.121. The van der Waals surface area contributed by atoms with E-state index in [1.54, 1.807) is 0 Å². The van der Waals surface area contributed by atoms with Gasteiger partial charge < -0.3 is 5.32 Å². The number of nitrogens with one attached hydrogen (secondary N) is 1. The van der Waals surface area contributed by atoms with Crippen molar-refractivity contribution in [3.05, 3.63) is 0 Å². The van der Waals surface area contributed by atoms with E-state index in [0.29, 0.717) is 29.6 Å². The summed E-state index contributed by atoms with van der Waals surface area (Å²) in [5.41, 5.74) is 0.385. The van der Waals surface area contributed by atoms with Gasteiger partial charge in [-0.2, -0.15) is 0 Å². The SMILES string of the molecule is CC(C)CC(CNC(=O)CCCCC(C)(C)C)C(C)C. The summed E-state index contributed by atoms with van der Waals surface area (Å²) in [5, 5.41) is 3.13. The van der Waals surface area contributed by atoms with E-state index in [0.717, 1.165) is 19.4 Å². The average Bonchev–Trinajstić information content (AvgIpc) is 2.28. The van der Waals surface area contributed by atoms with Crippen molar-refractivity contribution in [1.82, 2.24) is 5.32 Å². The van der Waals surface area contributed by atoms with Crippen LogP contribution in [0.15, 0.2) is 0 Å². The van der Waals surface area contributed by atoms with Crippen molar-refractivity contribution < 1.29 is 4.79 Å². The van der Waals surface area contributed by atoms with Crippen LogP contribution < -0.4 is 5.32 Å². The second-order valence-corrected chi connectivity index (χ2v) is 8.21. The summed E-state index contributed by atoms with van der Waals surface area (Å²) in [4.78, 5) is 11.9. The maximum Gasteiger partial charge on any atom is 0.220 e. The Hall–Kier alpha value is -0.530. The zero-order valence-corrected chi connectivity index (χ0v) is 14.9. The molecule has 0 aromatic carbocycles. The van der Waals surface area contributed by atoms with Gasteiger partial charge in [0.15, 0.2) is 0 Å². The highest BCUT2D eigenvalue weighted by molar-refractivity contribution is 5.75. The Kier molecular flexibility index (Phi) is 9.16. The molecule has 0 aliphatic rings. The monoisotopic (exact) mass is 283 g/mol. The molecule has 0 spiro atoms. The van der Waals surface area contributed by atoms with Gasteiger partial charge in [-0.15, -0.1) is 0 Å². The zero-order chi connectivity index (χ0) is 15.8. The third-order valence-electron chi connectivity index (χ3n) is 3.86. The molecule has 0 rings (SSSR count). The maximum atomic E-state index is 11.9. The molecule has 120 valence electrons. The molecule has 0 heterocycles. The molecule has 0 saturated heterocycles. The van der Waals surface area contributed by atoms with Crippen molar-refractivity contribution >= 4 is 5.91 Å². The van der Waals surface area contributed by atoms with E-state index in [1.807, 2.05) is 0 Å². The average molecular weight is 283 g/mol. The first-order valence-corrected chi connectivity index (χ1v) is 8.38. The van der Waals surface area contributed by atoms with E-state index in [2.05, 4.69) is 53.8 Å². The number of unbranched alkanes of at least 4 members (excludes halogenated alkanes) is 1. The van der Waals surface area contributed by atoms with E-state index in [9.17, 15) is 4.79 Å². The van der Waals surface area contributed by atoms with Gasteiger partial charge in [-0.05, 0) is 42.4 Å². The van der Waals surface area contributed by atoms with E-state index in [-0.39, 0.29) is 5.91 Å². The first-order valence-electron chi connectivity index (χ1n) is 8.38. The summed E-state index contributed by atoms with van der Waals surface area (Å²) < 4.78 is 0. The lowest BCUT2D eigenvalue weighted by Gasteiger charge is -2.23. The molecular weight excluding hydrogens is 246 g/mol. The molecule has 0 aromatic heterocycles. The number of carbonyl (C=O) groups is 1. The predicted molar refractivity (Wildman–Crippen MR) is 88.7 cm³/mol. The fourth-order valence-electron chi connectivity index (χ4n) is 2.47. The van der Waals surface area contributed by atoms with Crippen LogP contribution >= 0.6 is 0 Å². The van der Waals surface area contributed by atoms with E-state index >= 15 is 0 Å². The molecule has 1 N–H and O–H groups in total. The van der Waals surface area contributed by atoms with Gasteiger partial charge in [0.05, 0.1) is 0 Å². The van der Waals surface area contributed by atoms with Crippen LogP contribution in [0.4, 0.5) is 0 Å². The fraction of sp³-hybridized carbons (Fsp3) is 0.944. The molecule has 1 atom stereocenters. The largest absolute Gasteiger partial charge is 0.356 e. The molecule has 0 fully saturated rings. The summed E-state index contributed by atoms with van der Waals surface area (Å²) >= 11 is 0. The normalized spacial score (nSPS) is 13.8. The van der Waals surface area contributed by atoms with Crippen molar-refractivity contribution in [3.63, 3.8) is 0 Å². The molecular formula is C18H37NO. The van der Waals surface area contributed by atoms with Crippen LogP contribution in [0, 0.1) is 23.2 Å². The molecule has 2 nitrogen and oxygen atoms in total. The number of amides is 1. The third kappa shape index (κ3) is 11.3. The Morgan fingerprint density at radius 2 is 1.65 bits per heavy atom. The van der Waals surface area contributed by atoms with Crippen LogP contribution in [-0.4, -0.2) is 12.5 Å². The maximum absolute atomic E-state index is 11.9. The Labute approximate surface area is 127 Å². The van der Waals surface area contributed by atoms with Crippen molar-refractivity contribution in [2.24, 2.45) is 23.2 Å². The van der Waals surface area contributed by atoms with Gasteiger partial charge >= 0.3 is 0 Å². The smallest absolute Gasteiger partial charge is 0.220 e. The number of hydrogen-bond acceptors (Lipinski definition) is 1. The third-order valence-corrected chi connectivity index (χ3v) is 3.86. The van der Waals surface area contributed by atoms with Gasteiger partial charge in [0.1, 0.15) is 0 Å². The molecule has 20 heavy (non-hydrogen) atoms. The lowest BCUT2D eigenvalue weighted by atomic mass is 9.87. The van der Waals surface area contributed by atoms with Crippen LogP contribution in [0.25, 0.3) is 0 Å². The van der Waals surface area contributed by atoms with Gasteiger partial charge in [0.25, 0.3) is 0 Å². The quantitative estimate of drug-likeness (QED) is 0.591. The Morgan fingerprint density at radius 3 is 2.10 bits per heavy atom. The summed E-state index contributed by atoms with van der Waals surface area (Å²) in [6.07, 6.45) is 5.24. The van der Waals surface area contributed by atoms with Crippen molar-refractivity contribution in [3.8, 4) is 0 Å². The Morgan fingerprint density at radius 1 is 1.05 bits per heavy atom. The summed E-state index contributed by atoms with van der Waals surface area (Å²) in [5.74, 6) is 2.17. The first-order chi connectivity index (χ1) is 9.11. The van der Waals surface area contributed by atoms with Crippen LogP contribution in [0.1, 0.15) is 80.6 Å². The van der Waals surface area contributed by atoms with E-state index in [4.69, 9.17) is 0 Å². The van der Waals surface area contributed by atoms with Crippen LogP contribution in [0.3, 0.4) is 0 Å². The Balaban J connectivity index is 3.85. The minimum absolute atomic E-state index is 0.230. The molecule has 0 aliphatic carbocycles. The predicted octanol–water partition coefficient (Wildman–Crippen LogP) is 5.03. The standard InChI is InChI=1S/C18H37NO/c1-14(2)12-16(15(3)4)13-19-17(20)10-8-9-11-18(5,6)7/h14-16H,8-13H2,1-7H3,(H,19,20). The second kappa shape index (κ2) is 9.41. The number of rotatable bonds is 9. The molecule has 1 unspecified atom stereocenters. The van der Waals surface area contributed by atoms with Crippen LogP contribution in [0.2, 0.25) is 0 Å². The molecule has 0 radical (unpaired) electrons. The van der Waals surface area contributed by atoms with Crippen LogP contribution in [0.5, 0.6) is 0 Å². The van der Waals surface area contributed by atoms with Crippen molar-refractivity contribution in [2.45, 2.75) is 80.6 Å². The second-order valence-electron chi connectivity index (χ2n) is 8.21.